The van der Waals surface area contributed by atoms with Crippen molar-refractivity contribution in [3.05, 3.63) is 33.6 Å². The van der Waals surface area contributed by atoms with E-state index in [1.54, 1.807) is 17.6 Å². The van der Waals surface area contributed by atoms with E-state index in [0.717, 1.165) is 54.7 Å². The first-order valence-electron chi connectivity index (χ1n) is 7.68. The number of amides is 2. The Labute approximate surface area is 139 Å². The fraction of sp³-hybridized carbons (Fsp3) is 0.533. The molecule has 1 saturated heterocycles. The van der Waals surface area contributed by atoms with Gasteiger partial charge in [0.15, 0.2) is 0 Å². The summed E-state index contributed by atoms with van der Waals surface area (Å²) in [4.78, 5) is 20.9. The van der Waals surface area contributed by atoms with Gasteiger partial charge in [0.1, 0.15) is 12.0 Å². The molecule has 3 rings (SSSR count). The third kappa shape index (κ3) is 4.08. The van der Waals surface area contributed by atoms with E-state index in [-0.39, 0.29) is 6.03 Å². The van der Waals surface area contributed by atoms with Gasteiger partial charge in [-0.2, -0.15) is 0 Å². The number of hydrogen-bond donors (Lipinski definition) is 1. The maximum atomic E-state index is 12.2. The average Bonchev–Trinajstić information content (AvgIpc) is 3.14. The summed E-state index contributed by atoms with van der Waals surface area (Å²) in [5, 5.41) is 9.97. The molecule has 1 aliphatic heterocycles. The van der Waals surface area contributed by atoms with E-state index in [1.165, 1.54) is 0 Å². The van der Waals surface area contributed by atoms with Gasteiger partial charge in [-0.3, -0.25) is 4.90 Å². The van der Waals surface area contributed by atoms with Crippen molar-refractivity contribution in [2.24, 2.45) is 0 Å². The van der Waals surface area contributed by atoms with Crippen LogP contribution in [-0.2, 0) is 13.1 Å². The number of nitrogens with zero attached hydrogens (tertiary/aromatic N) is 4. The monoisotopic (exact) mass is 335 g/mol. The number of rotatable bonds is 4. The first-order valence-corrected chi connectivity index (χ1v) is 8.56. The van der Waals surface area contributed by atoms with E-state index < -0.39 is 0 Å². The Morgan fingerprint density at radius 2 is 2.13 bits per heavy atom. The third-order valence-electron chi connectivity index (χ3n) is 3.97. The summed E-state index contributed by atoms with van der Waals surface area (Å²) in [6, 6.07) is -0.0449. The van der Waals surface area contributed by atoms with E-state index >= 15 is 0 Å². The van der Waals surface area contributed by atoms with Gasteiger partial charge in [0, 0.05) is 43.7 Å². The fourth-order valence-corrected chi connectivity index (χ4v) is 3.17. The molecule has 1 aliphatic rings. The van der Waals surface area contributed by atoms with Crippen LogP contribution in [0, 0.1) is 13.8 Å². The van der Waals surface area contributed by atoms with Crippen LogP contribution in [0.5, 0.6) is 0 Å². The van der Waals surface area contributed by atoms with Crippen LogP contribution in [0.3, 0.4) is 0 Å². The molecule has 124 valence electrons. The Kier molecular flexibility index (Phi) is 4.92. The lowest BCUT2D eigenvalue weighted by Crippen LogP contribution is -2.51. The first-order chi connectivity index (χ1) is 11.1. The molecule has 0 unspecified atom stereocenters. The van der Waals surface area contributed by atoms with Crippen molar-refractivity contribution in [3.63, 3.8) is 0 Å². The number of piperazine rings is 1. The highest BCUT2D eigenvalue weighted by molar-refractivity contribution is 7.09. The zero-order chi connectivity index (χ0) is 16.2. The molecule has 1 fully saturated rings. The number of hydrogen-bond acceptors (Lipinski definition) is 6. The lowest BCUT2D eigenvalue weighted by atomic mass is 10.3. The van der Waals surface area contributed by atoms with Crippen LogP contribution in [0.4, 0.5) is 4.79 Å². The molecule has 2 amide bonds. The lowest BCUT2D eigenvalue weighted by Gasteiger charge is -2.34. The standard InChI is InChI=1S/C15H21N5O2S/c1-11-9-22-18-14(11)7-16-15(21)20-5-3-19(4-6-20)8-13-10-23-12(2)17-13/h9-10H,3-8H2,1-2H3,(H,16,21). The van der Waals surface area contributed by atoms with Gasteiger partial charge in [0.25, 0.3) is 0 Å². The van der Waals surface area contributed by atoms with Crippen LogP contribution in [0.25, 0.3) is 0 Å². The predicted molar refractivity (Wildman–Crippen MR) is 87.2 cm³/mol. The highest BCUT2D eigenvalue weighted by Crippen LogP contribution is 2.12. The minimum Gasteiger partial charge on any atom is -0.364 e. The summed E-state index contributed by atoms with van der Waals surface area (Å²) in [6.07, 6.45) is 1.58. The third-order valence-corrected chi connectivity index (χ3v) is 4.79. The molecule has 0 atom stereocenters. The smallest absolute Gasteiger partial charge is 0.317 e. The Morgan fingerprint density at radius 3 is 2.74 bits per heavy atom. The minimum atomic E-state index is -0.0449. The molecule has 0 saturated carbocycles. The second-order valence-electron chi connectivity index (χ2n) is 5.72. The number of urea groups is 1. The summed E-state index contributed by atoms with van der Waals surface area (Å²) < 4.78 is 4.87. The van der Waals surface area contributed by atoms with E-state index in [2.05, 4.69) is 25.7 Å². The van der Waals surface area contributed by atoms with Gasteiger partial charge in [0.2, 0.25) is 0 Å². The van der Waals surface area contributed by atoms with Gasteiger partial charge in [0.05, 0.1) is 17.2 Å². The Hall–Kier alpha value is -1.93. The van der Waals surface area contributed by atoms with Gasteiger partial charge < -0.3 is 14.7 Å². The molecule has 0 aromatic carbocycles. The Morgan fingerprint density at radius 1 is 1.35 bits per heavy atom. The quantitative estimate of drug-likeness (QED) is 0.922. The summed E-state index contributed by atoms with van der Waals surface area (Å²) in [5.41, 5.74) is 2.84. The van der Waals surface area contributed by atoms with Crippen LogP contribution < -0.4 is 5.32 Å². The topological polar surface area (TPSA) is 74.5 Å². The molecular formula is C15H21N5O2S. The maximum absolute atomic E-state index is 12.2. The number of carbonyl (C=O) groups is 1. The van der Waals surface area contributed by atoms with Gasteiger partial charge in [-0.05, 0) is 13.8 Å². The summed E-state index contributed by atoms with van der Waals surface area (Å²) in [5.74, 6) is 0. The number of nitrogens with one attached hydrogen (secondary N) is 1. The molecule has 0 bridgehead atoms. The lowest BCUT2D eigenvalue weighted by molar-refractivity contribution is 0.134. The predicted octanol–water partition coefficient (Wildman–Crippen LogP) is 1.78. The molecular weight excluding hydrogens is 314 g/mol. The van der Waals surface area contributed by atoms with E-state index in [9.17, 15) is 4.79 Å². The molecule has 8 heteroatoms. The van der Waals surface area contributed by atoms with Crippen LogP contribution in [-0.4, -0.2) is 52.2 Å². The fourth-order valence-electron chi connectivity index (χ4n) is 2.57. The first kappa shape index (κ1) is 15.9. The van der Waals surface area contributed by atoms with Gasteiger partial charge in [-0.15, -0.1) is 11.3 Å². The molecule has 7 nitrogen and oxygen atoms in total. The van der Waals surface area contributed by atoms with Crippen molar-refractivity contribution in [1.29, 1.82) is 0 Å². The zero-order valence-electron chi connectivity index (χ0n) is 13.4. The number of thiazole rings is 1. The normalized spacial score (nSPS) is 15.8. The molecule has 2 aromatic rings. The Bertz CT molecular complexity index is 660. The van der Waals surface area contributed by atoms with Crippen molar-refractivity contribution in [1.82, 2.24) is 25.3 Å². The number of carbonyl (C=O) groups excluding carboxylic acids is 1. The number of aryl methyl sites for hydroxylation is 2. The molecule has 23 heavy (non-hydrogen) atoms. The van der Waals surface area contributed by atoms with Crippen molar-refractivity contribution in [3.8, 4) is 0 Å². The van der Waals surface area contributed by atoms with Crippen LogP contribution in [0.15, 0.2) is 16.2 Å². The van der Waals surface area contributed by atoms with Crippen molar-refractivity contribution < 1.29 is 9.32 Å². The van der Waals surface area contributed by atoms with Crippen molar-refractivity contribution in [2.75, 3.05) is 26.2 Å². The second-order valence-corrected chi connectivity index (χ2v) is 6.79. The molecule has 0 radical (unpaired) electrons. The molecule has 0 spiro atoms. The van der Waals surface area contributed by atoms with Crippen LogP contribution in [0.1, 0.15) is 22.0 Å². The van der Waals surface area contributed by atoms with Crippen LogP contribution in [0.2, 0.25) is 0 Å². The largest absolute Gasteiger partial charge is 0.364 e. The average molecular weight is 335 g/mol. The van der Waals surface area contributed by atoms with Gasteiger partial charge in [-0.1, -0.05) is 5.16 Å². The van der Waals surface area contributed by atoms with Crippen molar-refractivity contribution >= 4 is 17.4 Å². The maximum Gasteiger partial charge on any atom is 0.317 e. The summed E-state index contributed by atoms with van der Waals surface area (Å²) >= 11 is 1.68. The highest BCUT2D eigenvalue weighted by Gasteiger charge is 2.21. The van der Waals surface area contributed by atoms with Crippen molar-refractivity contribution in [2.45, 2.75) is 26.9 Å². The van der Waals surface area contributed by atoms with E-state index in [4.69, 9.17) is 4.52 Å². The SMILES string of the molecule is Cc1nc(CN2CCN(C(=O)NCc3nocc3C)CC2)cs1. The van der Waals surface area contributed by atoms with E-state index in [0.29, 0.717) is 6.54 Å². The Balaban J connectivity index is 1.43. The summed E-state index contributed by atoms with van der Waals surface area (Å²) in [7, 11) is 0. The summed E-state index contributed by atoms with van der Waals surface area (Å²) in [6.45, 7) is 8.39. The van der Waals surface area contributed by atoms with Gasteiger partial charge in [-0.25, -0.2) is 9.78 Å². The van der Waals surface area contributed by atoms with Gasteiger partial charge >= 0.3 is 6.03 Å². The molecule has 2 aromatic heterocycles. The molecule has 3 heterocycles. The highest BCUT2D eigenvalue weighted by atomic mass is 32.1. The zero-order valence-corrected chi connectivity index (χ0v) is 14.2. The second kappa shape index (κ2) is 7.10. The van der Waals surface area contributed by atoms with Crippen LogP contribution >= 0.6 is 11.3 Å². The molecule has 1 N–H and O–H groups in total. The molecule has 0 aliphatic carbocycles. The van der Waals surface area contributed by atoms with E-state index in [1.807, 2.05) is 18.7 Å². The number of aromatic nitrogens is 2. The minimum absolute atomic E-state index is 0.0449.